The van der Waals surface area contributed by atoms with Crippen LogP contribution in [0.25, 0.3) is 10.9 Å². The SMILES string of the molecule is N#Cc1ccc2[nH]cc(C(=O)C3CC4CCC3C4)c2c1. The van der Waals surface area contributed by atoms with Crippen LogP contribution in [-0.2, 0) is 0 Å². The molecule has 2 saturated carbocycles. The Morgan fingerprint density at radius 1 is 1.30 bits per heavy atom. The van der Waals surface area contributed by atoms with Gasteiger partial charge in [-0.25, -0.2) is 0 Å². The van der Waals surface area contributed by atoms with Crippen LogP contribution < -0.4 is 0 Å². The molecule has 2 aromatic rings. The van der Waals surface area contributed by atoms with Gasteiger partial charge in [0.2, 0.25) is 0 Å². The van der Waals surface area contributed by atoms with Crippen molar-refractivity contribution < 1.29 is 4.79 Å². The lowest BCUT2D eigenvalue weighted by Crippen LogP contribution is -2.20. The average molecular weight is 264 g/mol. The van der Waals surface area contributed by atoms with Crippen LogP contribution in [0.15, 0.2) is 24.4 Å². The lowest BCUT2D eigenvalue weighted by atomic mass is 9.83. The van der Waals surface area contributed by atoms with Crippen molar-refractivity contribution in [2.75, 3.05) is 0 Å². The molecule has 0 spiro atoms. The van der Waals surface area contributed by atoms with E-state index < -0.39 is 0 Å². The van der Waals surface area contributed by atoms with Gasteiger partial charge in [0.25, 0.3) is 0 Å². The summed E-state index contributed by atoms with van der Waals surface area (Å²) >= 11 is 0. The zero-order valence-corrected chi connectivity index (χ0v) is 11.2. The normalized spacial score (nSPS) is 27.9. The maximum Gasteiger partial charge on any atom is 0.168 e. The van der Waals surface area contributed by atoms with Gasteiger partial charge in [-0.1, -0.05) is 6.42 Å². The first-order valence-corrected chi connectivity index (χ1v) is 7.31. The number of nitrogens with one attached hydrogen (secondary N) is 1. The Morgan fingerprint density at radius 3 is 2.90 bits per heavy atom. The van der Waals surface area contributed by atoms with E-state index in [0.717, 1.165) is 28.8 Å². The van der Waals surface area contributed by atoms with Gasteiger partial charge in [-0.3, -0.25) is 4.79 Å². The number of fused-ring (bicyclic) bond motifs is 3. The van der Waals surface area contributed by atoms with Gasteiger partial charge in [0, 0.05) is 28.6 Å². The standard InChI is InChI=1S/C17H16N2O/c18-8-11-2-4-16-14(7-11)15(9-19-16)17(20)13-6-10-1-3-12(13)5-10/h2,4,7,9-10,12-13,19H,1,3,5-6H2. The van der Waals surface area contributed by atoms with Crippen LogP contribution in [0.1, 0.15) is 41.6 Å². The molecule has 3 atom stereocenters. The van der Waals surface area contributed by atoms with Gasteiger partial charge < -0.3 is 4.98 Å². The number of rotatable bonds is 2. The third-order valence-corrected chi connectivity index (χ3v) is 5.15. The molecule has 0 radical (unpaired) electrons. The zero-order valence-electron chi connectivity index (χ0n) is 11.2. The largest absolute Gasteiger partial charge is 0.360 e. The summed E-state index contributed by atoms with van der Waals surface area (Å²) in [6.45, 7) is 0. The number of H-pyrrole nitrogens is 1. The minimum absolute atomic E-state index is 0.207. The Morgan fingerprint density at radius 2 is 2.20 bits per heavy atom. The third-order valence-electron chi connectivity index (χ3n) is 5.15. The van der Waals surface area contributed by atoms with Crippen molar-refractivity contribution in [1.82, 2.24) is 4.98 Å². The van der Waals surface area contributed by atoms with Crippen LogP contribution in [0.2, 0.25) is 0 Å². The van der Waals surface area contributed by atoms with Crippen molar-refractivity contribution in [1.29, 1.82) is 5.26 Å². The maximum atomic E-state index is 12.8. The van der Waals surface area contributed by atoms with Gasteiger partial charge in [0.05, 0.1) is 11.6 Å². The zero-order chi connectivity index (χ0) is 13.7. The van der Waals surface area contributed by atoms with E-state index in [1.165, 1.54) is 19.3 Å². The van der Waals surface area contributed by atoms with E-state index in [9.17, 15) is 4.79 Å². The van der Waals surface area contributed by atoms with Gasteiger partial charge in [0.1, 0.15) is 0 Å². The summed E-state index contributed by atoms with van der Waals surface area (Å²) in [6, 6.07) is 7.63. The van der Waals surface area contributed by atoms with Crippen molar-refractivity contribution in [3.8, 4) is 6.07 Å². The highest BCUT2D eigenvalue weighted by molar-refractivity contribution is 6.09. The molecule has 2 fully saturated rings. The van der Waals surface area contributed by atoms with Crippen LogP contribution in [0.5, 0.6) is 0 Å². The molecule has 1 heterocycles. The number of hydrogen-bond donors (Lipinski definition) is 1. The molecular formula is C17H16N2O. The molecule has 3 unspecified atom stereocenters. The van der Waals surface area contributed by atoms with E-state index in [1.54, 1.807) is 6.07 Å². The number of carbonyl (C=O) groups is 1. The van der Waals surface area contributed by atoms with Crippen LogP contribution in [-0.4, -0.2) is 10.8 Å². The fraction of sp³-hybridized carbons (Fsp3) is 0.412. The molecule has 20 heavy (non-hydrogen) atoms. The molecule has 0 aliphatic heterocycles. The summed E-state index contributed by atoms with van der Waals surface area (Å²) in [5.41, 5.74) is 2.32. The lowest BCUT2D eigenvalue weighted by molar-refractivity contribution is 0.0876. The van der Waals surface area contributed by atoms with Crippen molar-refractivity contribution in [2.45, 2.75) is 25.7 Å². The summed E-state index contributed by atoms with van der Waals surface area (Å²) in [6.07, 6.45) is 6.64. The summed E-state index contributed by atoms with van der Waals surface area (Å²) in [5.74, 6) is 1.85. The number of aromatic nitrogens is 1. The molecule has 1 aromatic carbocycles. The van der Waals surface area contributed by atoms with Crippen molar-refractivity contribution in [2.24, 2.45) is 17.8 Å². The molecule has 2 bridgehead atoms. The summed E-state index contributed by atoms with van der Waals surface area (Å²) < 4.78 is 0. The molecule has 2 aliphatic rings. The van der Waals surface area contributed by atoms with E-state index in [1.807, 2.05) is 18.3 Å². The smallest absolute Gasteiger partial charge is 0.168 e. The van der Waals surface area contributed by atoms with Gasteiger partial charge in [-0.05, 0) is 49.3 Å². The number of nitriles is 1. The van der Waals surface area contributed by atoms with Gasteiger partial charge >= 0.3 is 0 Å². The predicted octanol–water partition coefficient (Wildman–Crippen LogP) is 3.66. The second kappa shape index (κ2) is 4.21. The second-order valence-corrected chi connectivity index (χ2v) is 6.22. The molecule has 3 nitrogen and oxygen atoms in total. The number of Topliss-reactive ketones (excluding diaryl/α,β-unsaturated/α-hetero) is 1. The minimum atomic E-state index is 0.207. The first-order chi connectivity index (χ1) is 9.76. The lowest BCUT2D eigenvalue weighted by Gasteiger charge is -2.19. The van der Waals surface area contributed by atoms with E-state index in [4.69, 9.17) is 5.26 Å². The van der Waals surface area contributed by atoms with E-state index in [-0.39, 0.29) is 11.7 Å². The highest BCUT2D eigenvalue weighted by atomic mass is 16.1. The Hall–Kier alpha value is -2.08. The minimum Gasteiger partial charge on any atom is -0.360 e. The molecule has 0 saturated heterocycles. The monoisotopic (exact) mass is 264 g/mol. The van der Waals surface area contributed by atoms with E-state index in [2.05, 4.69) is 11.1 Å². The van der Waals surface area contributed by atoms with E-state index >= 15 is 0 Å². The number of benzene rings is 1. The molecule has 3 heteroatoms. The Labute approximate surface area is 117 Å². The molecule has 0 amide bonds. The van der Waals surface area contributed by atoms with Crippen LogP contribution in [0.3, 0.4) is 0 Å². The van der Waals surface area contributed by atoms with Crippen LogP contribution in [0, 0.1) is 29.1 Å². The van der Waals surface area contributed by atoms with Gasteiger partial charge in [0.15, 0.2) is 5.78 Å². The Kier molecular flexibility index (Phi) is 2.47. The number of ketones is 1. The molecular weight excluding hydrogens is 248 g/mol. The predicted molar refractivity (Wildman–Crippen MR) is 76.3 cm³/mol. The first kappa shape index (κ1) is 11.7. The van der Waals surface area contributed by atoms with Crippen molar-refractivity contribution in [3.05, 3.63) is 35.5 Å². The molecule has 2 aliphatic carbocycles. The molecule has 100 valence electrons. The third kappa shape index (κ3) is 1.61. The quantitative estimate of drug-likeness (QED) is 0.841. The summed E-state index contributed by atoms with van der Waals surface area (Å²) in [7, 11) is 0. The highest BCUT2D eigenvalue weighted by Gasteiger charge is 2.43. The van der Waals surface area contributed by atoms with Crippen LogP contribution in [0.4, 0.5) is 0 Å². The number of nitrogens with zero attached hydrogens (tertiary/aromatic N) is 1. The molecule has 1 aromatic heterocycles. The first-order valence-electron chi connectivity index (χ1n) is 7.31. The van der Waals surface area contributed by atoms with Gasteiger partial charge in [-0.2, -0.15) is 5.26 Å². The maximum absolute atomic E-state index is 12.8. The number of carbonyl (C=O) groups excluding carboxylic acids is 1. The summed E-state index contributed by atoms with van der Waals surface area (Å²) in [4.78, 5) is 16.0. The van der Waals surface area contributed by atoms with Gasteiger partial charge in [-0.15, -0.1) is 0 Å². The Balaban J connectivity index is 1.75. The molecule has 1 N–H and O–H groups in total. The summed E-state index contributed by atoms with van der Waals surface area (Å²) in [5, 5.41) is 9.92. The number of aromatic amines is 1. The average Bonchev–Trinajstić information content (AvgIpc) is 3.20. The van der Waals surface area contributed by atoms with Crippen LogP contribution >= 0.6 is 0 Å². The number of hydrogen-bond acceptors (Lipinski definition) is 2. The van der Waals surface area contributed by atoms with Crippen molar-refractivity contribution in [3.63, 3.8) is 0 Å². The topological polar surface area (TPSA) is 56.6 Å². The second-order valence-electron chi connectivity index (χ2n) is 6.22. The fourth-order valence-corrected chi connectivity index (χ4v) is 4.16. The van der Waals surface area contributed by atoms with Crippen molar-refractivity contribution >= 4 is 16.7 Å². The molecule has 4 rings (SSSR count). The Bertz CT molecular complexity index is 737. The highest BCUT2D eigenvalue weighted by Crippen LogP contribution is 2.49. The fourth-order valence-electron chi connectivity index (χ4n) is 4.16. The van der Waals surface area contributed by atoms with E-state index in [0.29, 0.717) is 11.5 Å².